The summed E-state index contributed by atoms with van der Waals surface area (Å²) in [5.41, 5.74) is -0.108. The maximum Gasteiger partial charge on any atom is 0.329 e. The van der Waals surface area contributed by atoms with E-state index in [0.29, 0.717) is 15.7 Å². The van der Waals surface area contributed by atoms with Crippen molar-refractivity contribution in [2.24, 2.45) is 0 Å². The Balaban J connectivity index is 2.36. The summed E-state index contributed by atoms with van der Waals surface area (Å²) in [6.45, 7) is 3.60. The summed E-state index contributed by atoms with van der Waals surface area (Å²) in [5, 5.41) is 3.44. The average molecular weight is 287 g/mol. The van der Waals surface area contributed by atoms with Gasteiger partial charge < -0.3 is 5.32 Å². The van der Waals surface area contributed by atoms with Gasteiger partial charge in [-0.25, -0.2) is 9.69 Å². The minimum absolute atomic E-state index is 0.235. The molecule has 18 heavy (non-hydrogen) atoms. The summed E-state index contributed by atoms with van der Waals surface area (Å²) in [4.78, 5) is 25.0. The topological polar surface area (TPSA) is 49.4 Å². The van der Waals surface area contributed by atoms with Crippen molar-refractivity contribution in [3.05, 3.63) is 28.2 Å². The molecule has 0 aromatic heterocycles. The van der Waals surface area contributed by atoms with Gasteiger partial charge in [-0.1, -0.05) is 23.2 Å². The first-order valence-corrected chi connectivity index (χ1v) is 6.16. The monoisotopic (exact) mass is 286 g/mol. The molecular weight excluding hydrogens is 275 g/mol. The molecule has 1 aromatic rings. The zero-order valence-electron chi connectivity index (χ0n) is 9.96. The van der Waals surface area contributed by atoms with Gasteiger partial charge in [0.05, 0.1) is 22.2 Å². The second kappa shape index (κ2) is 4.44. The summed E-state index contributed by atoms with van der Waals surface area (Å²) >= 11 is 11.7. The van der Waals surface area contributed by atoms with E-state index in [1.54, 1.807) is 26.0 Å². The molecule has 4 nitrogen and oxygen atoms in total. The Morgan fingerprint density at radius 1 is 1.22 bits per heavy atom. The van der Waals surface area contributed by atoms with Gasteiger partial charge in [-0.15, -0.1) is 0 Å². The molecule has 1 aliphatic heterocycles. The zero-order valence-corrected chi connectivity index (χ0v) is 11.5. The third-order valence-electron chi connectivity index (χ3n) is 2.65. The SMILES string of the molecule is CC1(C)CC(=O)N(c2ccc(Cl)c(Cl)c2)C(=O)N1. The molecule has 1 aromatic carbocycles. The number of amides is 3. The van der Waals surface area contributed by atoms with Crippen molar-refractivity contribution in [3.8, 4) is 0 Å². The van der Waals surface area contributed by atoms with Crippen LogP contribution in [-0.2, 0) is 4.79 Å². The second-order valence-corrected chi connectivity index (χ2v) is 5.63. The molecule has 0 saturated carbocycles. The van der Waals surface area contributed by atoms with Crippen LogP contribution in [0.2, 0.25) is 10.0 Å². The highest BCUT2D eigenvalue weighted by atomic mass is 35.5. The standard InChI is InChI=1S/C12H12Cl2N2O2/c1-12(2)6-10(17)16(11(18)15-12)7-3-4-8(13)9(14)5-7/h3-5H,6H2,1-2H3,(H,15,18). The van der Waals surface area contributed by atoms with E-state index in [0.717, 1.165) is 4.90 Å². The minimum atomic E-state index is -0.527. The van der Waals surface area contributed by atoms with E-state index >= 15 is 0 Å². The lowest BCUT2D eigenvalue weighted by molar-refractivity contribution is -0.119. The quantitative estimate of drug-likeness (QED) is 0.862. The maximum atomic E-state index is 12.0. The van der Waals surface area contributed by atoms with Crippen LogP contribution in [0.5, 0.6) is 0 Å². The van der Waals surface area contributed by atoms with Crippen molar-refractivity contribution in [1.29, 1.82) is 0 Å². The summed E-state index contributed by atoms with van der Waals surface area (Å²) in [7, 11) is 0. The minimum Gasteiger partial charge on any atom is -0.332 e. The fourth-order valence-corrected chi connectivity index (χ4v) is 2.14. The van der Waals surface area contributed by atoms with E-state index in [1.807, 2.05) is 0 Å². The first kappa shape index (κ1) is 13.2. The number of rotatable bonds is 1. The summed E-state index contributed by atoms with van der Waals surface area (Å²) in [6.07, 6.45) is 0.235. The number of carbonyl (C=O) groups excluding carboxylic acids is 2. The molecule has 2 rings (SSSR count). The molecule has 1 aliphatic rings. The van der Waals surface area contributed by atoms with Crippen molar-refractivity contribution >= 4 is 40.8 Å². The van der Waals surface area contributed by atoms with Gasteiger partial charge in [0.1, 0.15) is 0 Å². The van der Waals surface area contributed by atoms with Crippen LogP contribution >= 0.6 is 23.2 Å². The number of carbonyl (C=O) groups is 2. The molecule has 3 amide bonds. The number of hydrogen-bond donors (Lipinski definition) is 1. The van der Waals surface area contributed by atoms with Crippen LogP contribution in [0.4, 0.5) is 10.5 Å². The molecule has 1 heterocycles. The first-order valence-electron chi connectivity index (χ1n) is 5.40. The maximum absolute atomic E-state index is 12.0. The lowest BCUT2D eigenvalue weighted by Gasteiger charge is -2.36. The highest BCUT2D eigenvalue weighted by Crippen LogP contribution is 2.29. The van der Waals surface area contributed by atoms with Crippen LogP contribution in [0.15, 0.2) is 18.2 Å². The van der Waals surface area contributed by atoms with Crippen LogP contribution in [0.1, 0.15) is 20.3 Å². The van der Waals surface area contributed by atoms with E-state index < -0.39 is 11.6 Å². The zero-order chi connectivity index (χ0) is 13.5. The van der Waals surface area contributed by atoms with E-state index in [1.165, 1.54) is 6.07 Å². The summed E-state index contributed by atoms with van der Waals surface area (Å²) < 4.78 is 0. The van der Waals surface area contributed by atoms with Crippen LogP contribution in [0, 0.1) is 0 Å². The predicted octanol–water partition coefficient (Wildman–Crippen LogP) is 3.22. The van der Waals surface area contributed by atoms with E-state index in [4.69, 9.17) is 23.2 Å². The van der Waals surface area contributed by atoms with Gasteiger partial charge in [0, 0.05) is 5.54 Å². The molecule has 0 radical (unpaired) electrons. The fraction of sp³-hybridized carbons (Fsp3) is 0.333. The molecule has 1 N–H and O–H groups in total. The van der Waals surface area contributed by atoms with Gasteiger partial charge in [0.15, 0.2) is 0 Å². The number of hydrogen-bond acceptors (Lipinski definition) is 2. The second-order valence-electron chi connectivity index (χ2n) is 4.82. The number of nitrogens with one attached hydrogen (secondary N) is 1. The smallest absolute Gasteiger partial charge is 0.329 e. The Hall–Kier alpha value is -1.26. The molecule has 0 spiro atoms. The van der Waals surface area contributed by atoms with Gasteiger partial charge >= 0.3 is 6.03 Å². The Morgan fingerprint density at radius 2 is 1.89 bits per heavy atom. The molecule has 6 heteroatoms. The van der Waals surface area contributed by atoms with Gasteiger partial charge in [-0.05, 0) is 32.0 Å². The third kappa shape index (κ3) is 2.44. The first-order chi connectivity index (χ1) is 8.30. The van der Waals surface area contributed by atoms with Gasteiger partial charge in [-0.3, -0.25) is 4.79 Å². The molecule has 1 fully saturated rings. The van der Waals surface area contributed by atoms with Crippen molar-refractivity contribution in [3.63, 3.8) is 0 Å². The van der Waals surface area contributed by atoms with Gasteiger partial charge in [-0.2, -0.15) is 0 Å². The third-order valence-corrected chi connectivity index (χ3v) is 3.39. The van der Waals surface area contributed by atoms with Crippen molar-refractivity contribution in [1.82, 2.24) is 5.32 Å². The molecule has 0 atom stereocenters. The number of urea groups is 1. The van der Waals surface area contributed by atoms with E-state index in [9.17, 15) is 9.59 Å². The van der Waals surface area contributed by atoms with E-state index in [2.05, 4.69) is 5.32 Å². The number of imide groups is 1. The molecule has 0 unspecified atom stereocenters. The molecule has 0 bridgehead atoms. The number of halogens is 2. The normalized spacial score (nSPS) is 18.8. The number of anilines is 1. The lowest BCUT2D eigenvalue weighted by Crippen LogP contribution is -2.59. The Morgan fingerprint density at radius 3 is 2.44 bits per heavy atom. The Labute approximate surface area is 115 Å². The Bertz CT molecular complexity index is 509. The highest BCUT2D eigenvalue weighted by Gasteiger charge is 2.37. The van der Waals surface area contributed by atoms with Crippen molar-refractivity contribution < 1.29 is 9.59 Å². The van der Waals surface area contributed by atoms with Crippen LogP contribution in [-0.4, -0.2) is 17.5 Å². The fourth-order valence-electron chi connectivity index (χ4n) is 1.85. The van der Waals surface area contributed by atoms with Gasteiger partial charge in [0.25, 0.3) is 0 Å². The highest BCUT2D eigenvalue weighted by molar-refractivity contribution is 6.42. The molecule has 96 valence electrons. The molecule has 0 aliphatic carbocycles. The summed E-state index contributed by atoms with van der Waals surface area (Å²) in [5.74, 6) is -0.262. The predicted molar refractivity (Wildman–Crippen MR) is 71.2 cm³/mol. The average Bonchev–Trinajstić information content (AvgIpc) is 2.20. The Kier molecular flexibility index (Phi) is 3.25. The number of benzene rings is 1. The van der Waals surface area contributed by atoms with Crippen LogP contribution in [0.25, 0.3) is 0 Å². The van der Waals surface area contributed by atoms with Crippen molar-refractivity contribution in [2.75, 3.05) is 4.90 Å². The van der Waals surface area contributed by atoms with Gasteiger partial charge in [0.2, 0.25) is 5.91 Å². The van der Waals surface area contributed by atoms with Crippen LogP contribution in [0.3, 0.4) is 0 Å². The van der Waals surface area contributed by atoms with Crippen LogP contribution < -0.4 is 10.2 Å². The lowest BCUT2D eigenvalue weighted by atomic mass is 9.97. The van der Waals surface area contributed by atoms with E-state index in [-0.39, 0.29) is 12.3 Å². The molecular formula is C12H12Cl2N2O2. The molecule has 1 saturated heterocycles. The van der Waals surface area contributed by atoms with Crippen molar-refractivity contribution in [2.45, 2.75) is 25.8 Å². The summed E-state index contributed by atoms with van der Waals surface area (Å²) in [6, 6.07) is 4.19. The largest absolute Gasteiger partial charge is 0.332 e. The number of nitrogens with zero attached hydrogens (tertiary/aromatic N) is 1.